The molecule has 0 aromatic carbocycles. The van der Waals surface area contributed by atoms with Crippen LogP contribution in [0.15, 0.2) is 0 Å². The van der Waals surface area contributed by atoms with E-state index in [0.29, 0.717) is 18.9 Å². The van der Waals surface area contributed by atoms with Crippen molar-refractivity contribution in [2.24, 2.45) is 5.92 Å². The molecule has 1 unspecified atom stereocenters. The first-order valence-electron chi connectivity index (χ1n) is 5.83. The maximum Gasteiger partial charge on any atom is 0.411 e. The summed E-state index contributed by atoms with van der Waals surface area (Å²) in [5, 5.41) is 3.19. The summed E-state index contributed by atoms with van der Waals surface area (Å²) < 4.78 is 44.9. The molecule has 0 saturated heterocycles. The average molecular weight is 257 g/mol. The van der Waals surface area contributed by atoms with E-state index >= 15 is 0 Å². The second-order valence-electron chi connectivity index (χ2n) is 3.93. The third kappa shape index (κ3) is 11.9. The van der Waals surface area contributed by atoms with Gasteiger partial charge < -0.3 is 14.8 Å². The molecular formula is C11H22F3NO2. The van der Waals surface area contributed by atoms with Crippen LogP contribution in [0.5, 0.6) is 0 Å². The molecule has 0 fully saturated rings. The molecule has 0 aliphatic rings. The Hall–Kier alpha value is -0.330. The number of nitrogens with one attached hydrogen (secondary N) is 1. The Morgan fingerprint density at radius 2 is 1.94 bits per heavy atom. The molecule has 0 aromatic heterocycles. The minimum Gasteiger partial charge on any atom is -0.383 e. The number of hydrogen-bond acceptors (Lipinski definition) is 3. The van der Waals surface area contributed by atoms with Crippen molar-refractivity contribution >= 4 is 0 Å². The lowest BCUT2D eigenvalue weighted by molar-refractivity contribution is -0.174. The van der Waals surface area contributed by atoms with Crippen LogP contribution in [-0.2, 0) is 9.47 Å². The van der Waals surface area contributed by atoms with E-state index in [4.69, 9.17) is 4.74 Å². The van der Waals surface area contributed by atoms with Crippen molar-refractivity contribution in [3.63, 3.8) is 0 Å². The molecule has 6 heteroatoms. The molecule has 17 heavy (non-hydrogen) atoms. The third-order valence-electron chi connectivity index (χ3n) is 2.43. The smallest absolute Gasteiger partial charge is 0.383 e. The van der Waals surface area contributed by atoms with Gasteiger partial charge in [0.05, 0.1) is 6.61 Å². The Bertz CT molecular complexity index is 177. The van der Waals surface area contributed by atoms with Crippen molar-refractivity contribution in [2.45, 2.75) is 25.9 Å². The van der Waals surface area contributed by atoms with Crippen LogP contribution in [0.1, 0.15) is 19.8 Å². The fourth-order valence-corrected chi connectivity index (χ4v) is 1.37. The largest absolute Gasteiger partial charge is 0.411 e. The van der Waals surface area contributed by atoms with E-state index in [2.05, 4.69) is 10.1 Å². The predicted molar refractivity (Wildman–Crippen MR) is 60.0 cm³/mol. The van der Waals surface area contributed by atoms with Crippen LogP contribution >= 0.6 is 0 Å². The van der Waals surface area contributed by atoms with Gasteiger partial charge >= 0.3 is 6.18 Å². The van der Waals surface area contributed by atoms with Crippen molar-refractivity contribution in [1.82, 2.24) is 5.32 Å². The summed E-state index contributed by atoms with van der Waals surface area (Å²) in [5.74, 6) is 0.347. The highest BCUT2D eigenvalue weighted by molar-refractivity contribution is 4.61. The number of hydrogen-bond donors (Lipinski definition) is 1. The van der Waals surface area contributed by atoms with Gasteiger partial charge in [-0.15, -0.1) is 0 Å². The fourth-order valence-electron chi connectivity index (χ4n) is 1.37. The predicted octanol–water partition coefficient (Wildman–Crippen LogP) is 2.22. The Morgan fingerprint density at radius 1 is 1.24 bits per heavy atom. The molecule has 1 N–H and O–H groups in total. The highest BCUT2D eigenvalue weighted by Crippen LogP contribution is 2.15. The quantitative estimate of drug-likeness (QED) is 0.609. The molecule has 0 amide bonds. The molecule has 0 spiro atoms. The molecule has 0 aliphatic carbocycles. The summed E-state index contributed by atoms with van der Waals surface area (Å²) in [6.07, 6.45) is -2.65. The standard InChI is InChI=1S/C11H22F3NO2/c1-3-10(8-15-5-7-16-2)4-6-17-9-11(12,13)14/h10,15H,3-9H2,1-2H3. The highest BCUT2D eigenvalue weighted by atomic mass is 19.4. The lowest BCUT2D eigenvalue weighted by Crippen LogP contribution is -2.27. The van der Waals surface area contributed by atoms with Gasteiger partial charge in [-0.3, -0.25) is 0 Å². The van der Waals surface area contributed by atoms with E-state index in [1.54, 1.807) is 7.11 Å². The van der Waals surface area contributed by atoms with E-state index in [0.717, 1.165) is 19.5 Å². The molecule has 0 radical (unpaired) electrons. The van der Waals surface area contributed by atoms with Gasteiger partial charge in [0.25, 0.3) is 0 Å². The maximum atomic E-state index is 11.8. The minimum atomic E-state index is -4.22. The molecule has 3 nitrogen and oxygen atoms in total. The monoisotopic (exact) mass is 257 g/mol. The number of halogens is 3. The van der Waals surface area contributed by atoms with Gasteiger partial charge in [0, 0.05) is 20.3 Å². The molecular weight excluding hydrogens is 235 g/mol. The van der Waals surface area contributed by atoms with E-state index in [1.807, 2.05) is 6.92 Å². The molecule has 0 bridgehead atoms. The van der Waals surface area contributed by atoms with E-state index in [-0.39, 0.29) is 6.61 Å². The normalized spacial score (nSPS) is 13.9. The Labute approximate surface area is 101 Å². The first kappa shape index (κ1) is 16.7. The molecule has 1 atom stereocenters. The van der Waals surface area contributed by atoms with Crippen LogP contribution < -0.4 is 5.32 Å². The number of alkyl halides is 3. The zero-order valence-corrected chi connectivity index (χ0v) is 10.5. The minimum absolute atomic E-state index is 0.157. The van der Waals surface area contributed by atoms with Crippen molar-refractivity contribution < 1.29 is 22.6 Å². The van der Waals surface area contributed by atoms with Gasteiger partial charge in [-0.25, -0.2) is 0 Å². The van der Waals surface area contributed by atoms with Gasteiger partial charge in [-0.1, -0.05) is 13.3 Å². The van der Waals surface area contributed by atoms with E-state index < -0.39 is 12.8 Å². The summed E-state index contributed by atoms with van der Waals surface area (Å²) in [5.41, 5.74) is 0. The Kier molecular flexibility index (Phi) is 9.49. The van der Waals surface area contributed by atoms with Crippen LogP contribution in [-0.4, -0.2) is 46.2 Å². The van der Waals surface area contributed by atoms with Crippen molar-refractivity contribution in [3.8, 4) is 0 Å². The second-order valence-corrected chi connectivity index (χ2v) is 3.93. The molecule has 104 valence electrons. The van der Waals surface area contributed by atoms with Gasteiger partial charge in [-0.2, -0.15) is 13.2 Å². The van der Waals surface area contributed by atoms with Gasteiger partial charge in [-0.05, 0) is 18.9 Å². The lowest BCUT2D eigenvalue weighted by atomic mass is 10.0. The molecule has 0 aromatic rings. The highest BCUT2D eigenvalue weighted by Gasteiger charge is 2.27. The first-order valence-corrected chi connectivity index (χ1v) is 5.83. The zero-order chi connectivity index (χ0) is 13.1. The SMILES string of the molecule is CCC(CCOCC(F)(F)F)CNCCOC. The summed E-state index contributed by atoms with van der Waals surface area (Å²) in [4.78, 5) is 0. The number of ether oxygens (including phenoxy) is 2. The Morgan fingerprint density at radius 3 is 2.47 bits per heavy atom. The fraction of sp³-hybridized carbons (Fsp3) is 1.00. The van der Waals surface area contributed by atoms with Crippen LogP contribution in [0.3, 0.4) is 0 Å². The number of rotatable bonds is 10. The average Bonchev–Trinajstić information content (AvgIpc) is 2.25. The van der Waals surface area contributed by atoms with Gasteiger partial charge in [0.2, 0.25) is 0 Å². The van der Waals surface area contributed by atoms with Crippen molar-refractivity contribution in [1.29, 1.82) is 0 Å². The summed E-state index contributed by atoms with van der Waals surface area (Å²) in [6, 6.07) is 0. The van der Waals surface area contributed by atoms with E-state index in [1.165, 1.54) is 0 Å². The van der Waals surface area contributed by atoms with Gasteiger partial charge in [0.1, 0.15) is 6.61 Å². The topological polar surface area (TPSA) is 30.5 Å². The molecule has 0 heterocycles. The summed E-state index contributed by atoms with van der Waals surface area (Å²) >= 11 is 0. The van der Waals surface area contributed by atoms with Crippen LogP contribution in [0.2, 0.25) is 0 Å². The first-order chi connectivity index (χ1) is 7.99. The summed E-state index contributed by atoms with van der Waals surface area (Å²) in [7, 11) is 1.63. The molecule has 0 rings (SSSR count). The number of methoxy groups -OCH3 is 1. The van der Waals surface area contributed by atoms with E-state index in [9.17, 15) is 13.2 Å². The van der Waals surface area contributed by atoms with Crippen molar-refractivity contribution in [2.75, 3.05) is 40.0 Å². The van der Waals surface area contributed by atoms with Crippen LogP contribution in [0.25, 0.3) is 0 Å². The third-order valence-corrected chi connectivity index (χ3v) is 2.43. The van der Waals surface area contributed by atoms with Crippen LogP contribution in [0.4, 0.5) is 13.2 Å². The van der Waals surface area contributed by atoms with Gasteiger partial charge in [0.15, 0.2) is 0 Å². The lowest BCUT2D eigenvalue weighted by Gasteiger charge is -2.16. The molecule has 0 saturated carbocycles. The summed E-state index contributed by atoms with van der Waals surface area (Å²) in [6.45, 7) is 3.21. The second kappa shape index (κ2) is 9.67. The zero-order valence-electron chi connectivity index (χ0n) is 10.5. The Balaban J connectivity index is 3.47. The maximum absolute atomic E-state index is 11.8. The van der Waals surface area contributed by atoms with Crippen LogP contribution in [0, 0.1) is 5.92 Å². The van der Waals surface area contributed by atoms with Crippen molar-refractivity contribution in [3.05, 3.63) is 0 Å². The molecule has 0 aliphatic heterocycles.